The zero-order chi connectivity index (χ0) is 46.5. The Balaban J connectivity index is 0.000000185. The van der Waals surface area contributed by atoms with E-state index in [0.29, 0.717) is 6.54 Å². The van der Waals surface area contributed by atoms with Crippen LogP contribution in [0.3, 0.4) is 0 Å². The predicted molar refractivity (Wildman–Crippen MR) is 293 cm³/mol. The lowest BCUT2D eigenvalue weighted by Gasteiger charge is -2.23. The number of hydrogen-bond donors (Lipinski definition) is 2. The highest BCUT2D eigenvalue weighted by Crippen LogP contribution is 2.42. The van der Waals surface area contributed by atoms with Crippen molar-refractivity contribution >= 4 is 70.2 Å². The first kappa shape index (κ1) is 45.6. The van der Waals surface area contributed by atoms with Crippen LogP contribution in [0.25, 0.3) is 43.8 Å². The van der Waals surface area contributed by atoms with Crippen LogP contribution in [0.5, 0.6) is 11.5 Å². The highest BCUT2D eigenvalue weighted by molar-refractivity contribution is 7.69. The summed E-state index contributed by atoms with van der Waals surface area (Å²) in [5.74, 6) is 1.68. The molecule has 0 bridgehead atoms. The van der Waals surface area contributed by atoms with E-state index in [-0.39, 0.29) is 0 Å². The van der Waals surface area contributed by atoms with Crippen LogP contribution in [0.15, 0.2) is 261 Å². The van der Waals surface area contributed by atoms with Crippen molar-refractivity contribution in [1.82, 2.24) is 0 Å². The van der Waals surface area contributed by atoms with E-state index < -0.39 is 16.3 Å². The fraction of sp³-hybridized carbons (Fsp3) is 0.0323. The third kappa shape index (κ3) is 11.3. The van der Waals surface area contributed by atoms with Crippen LogP contribution in [0, 0.1) is 6.92 Å². The molecule has 10 rings (SSSR count). The maximum absolute atomic E-state index is 6.97. The summed E-state index contributed by atoms with van der Waals surface area (Å²) in [5, 5.41) is 9.42. The summed E-state index contributed by atoms with van der Waals surface area (Å²) < 4.78 is 13.7. The fourth-order valence-corrected chi connectivity index (χ4v) is 11.5. The highest BCUT2D eigenvalue weighted by atomic mass is 31.1. The molecule has 10 aromatic rings. The monoisotopic (exact) mass is 918 g/mol. The van der Waals surface area contributed by atoms with Crippen LogP contribution < -0.4 is 41.7 Å². The van der Waals surface area contributed by atoms with E-state index in [1.54, 1.807) is 6.20 Å². The first-order valence-electron chi connectivity index (χ1n) is 22.7. The summed E-state index contributed by atoms with van der Waals surface area (Å²) in [4.78, 5) is 0. The number of fused-ring (bicyclic) bond motifs is 2. The lowest BCUT2D eigenvalue weighted by Crippen LogP contribution is -2.18. The molecule has 0 saturated carbocycles. The summed E-state index contributed by atoms with van der Waals surface area (Å²) in [6.45, 7) is 2.56. The fourth-order valence-electron chi connectivity index (χ4n) is 7.99. The Morgan fingerprint density at radius 1 is 0.412 bits per heavy atom. The van der Waals surface area contributed by atoms with Crippen LogP contribution >= 0.6 is 16.3 Å². The molecule has 0 radical (unpaired) electrons. The first-order chi connectivity index (χ1) is 33.5. The zero-order valence-corrected chi connectivity index (χ0v) is 39.7. The van der Waals surface area contributed by atoms with Gasteiger partial charge < -0.3 is 20.5 Å². The quantitative estimate of drug-likeness (QED) is 0.0893. The van der Waals surface area contributed by atoms with Gasteiger partial charge in [0.15, 0.2) is 16.3 Å². The Bertz CT molecular complexity index is 3250. The number of aryl methyl sites for hydroxylation is 1. The molecule has 0 saturated heterocycles. The van der Waals surface area contributed by atoms with Gasteiger partial charge in [0.25, 0.3) is 0 Å². The van der Waals surface area contributed by atoms with Gasteiger partial charge in [-0.15, -0.1) is 0 Å². The molecule has 0 fully saturated rings. The van der Waals surface area contributed by atoms with E-state index in [1.165, 1.54) is 37.7 Å². The van der Waals surface area contributed by atoms with Crippen LogP contribution in [-0.2, 0) is 0 Å². The van der Waals surface area contributed by atoms with E-state index in [2.05, 4.69) is 201 Å². The van der Waals surface area contributed by atoms with Crippen molar-refractivity contribution in [2.24, 2.45) is 11.5 Å². The highest BCUT2D eigenvalue weighted by Gasteiger charge is 2.22. The van der Waals surface area contributed by atoms with Crippen LogP contribution in [0.4, 0.5) is 0 Å². The molecule has 1 unspecified atom stereocenters. The van der Waals surface area contributed by atoms with Crippen molar-refractivity contribution in [3.63, 3.8) is 0 Å². The summed E-state index contributed by atoms with van der Waals surface area (Å²) in [7, 11) is -2.24. The molecule has 68 heavy (non-hydrogen) atoms. The average molecular weight is 919 g/mol. The number of nitrogens with two attached hydrogens (primary N) is 2. The third-order valence-corrected chi connectivity index (χ3v) is 15.4. The minimum atomic E-state index is -1.16. The molecular formula is C62H52N2O2P2. The van der Waals surface area contributed by atoms with Crippen molar-refractivity contribution < 1.29 is 9.05 Å². The van der Waals surface area contributed by atoms with Crippen molar-refractivity contribution in [3.05, 3.63) is 278 Å². The number of allylic oxidation sites excluding steroid dienone is 2. The van der Waals surface area contributed by atoms with Gasteiger partial charge in [0.1, 0.15) is 11.5 Å². The van der Waals surface area contributed by atoms with Gasteiger partial charge >= 0.3 is 0 Å². The van der Waals surface area contributed by atoms with Crippen molar-refractivity contribution in [3.8, 4) is 22.6 Å². The topological polar surface area (TPSA) is 70.5 Å². The van der Waals surface area contributed by atoms with Gasteiger partial charge in [-0.2, -0.15) is 0 Å². The second-order valence-corrected chi connectivity index (χ2v) is 19.9. The first-order valence-corrected chi connectivity index (χ1v) is 25.2. The Labute approximate surface area is 402 Å². The summed E-state index contributed by atoms with van der Waals surface area (Å²) in [6.07, 6.45) is 3.75. The van der Waals surface area contributed by atoms with E-state index in [9.17, 15) is 0 Å². The minimum Gasteiger partial charge on any atom is -0.464 e. The van der Waals surface area contributed by atoms with E-state index >= 15 is 0 Å². The zero-order valence-electron chi connectivity index (χ0n) is 37.9. The van der Waals surface area contributed by atoms with E-state index in [4.69, 9.17) is 20.5 Å². The SMILES string of the molecule is Cc1ccc(-c2cc(OP(c3ccccc3)c3ccccc3)cc(P(Oc3ccccc3)c3ccccc3)c2)cc1.N/C=C(\C=C(/CN)c1ccc2ccccc2c1)c1ccc2ccccc2c1. The Morgan fingerprint density at radius 2 is 0.868 bits per heavy atom. The molecule has 6 heteroatoms. The van der Waals surface area contributed by atoms with Gasteiger partial charge in [-0.25, -0.2) is 0 Å². The van der Waals surface area contributed by atoms with Gasteiger partial charge in [-0.05, 0) is 110 Å². The molecule has 0 aromatic heterocycles. The van der Waals surface area contributed by atoms with E-state index in [1.807, 2.05) is 60.7 Å². The number of benzene rings is 10. The molecule has 4 nitrogen and oxygen atoms in total. The Kier molecular flexibility index (Phi) is 14.9. The molecule has 1 atom stereocenters. The van der Waals surface area contributed by atoms with Crippen LogP contribution in [-0.4, -0.2) is 6.54 Å². The molecule has 332 valence electrons. The predicted octanol–water partition coefficient (Wildman–Crippen LogP) is 13.9. The second-order valence-electron chi connectivity index (χ2n) is 16.3. The molecule has 0 aliphatic carbocycles. The van der Waals surface area contributed by atoms with Crippen LogP contribution in [0.1, 0.15) is 16.7 Å². The van der Waals surface area contributed by atoms with E-state index in [0.717, 1.165) is 55.5 Å². The summed E-state index contributed by atoms with van der Waals surface area (Å²) in [6, 6.07) is 86.3. The van der Waals surface area contributed by atoms with Gasteiger partial charge in [-0.1, -0.05) is 212 Å². The molecular weight excluding hydrogens is 867 g/mol. The maximum atomic E-state index is 6.97. The van der Waals surface area contributed by atoms with Crippen molar-refractivity contribution in [2.75, 3.05) is 6.54 Å². The molecule has 0 aliphatic heterocycles. The van der Waals surface area contributed by atoms with Gasteiger partial charge in [0.05, 0.1) is 0 Å². The molecule has 0 spiro atoms. The number of para-hydroxylation sites is 1. The lowest BCUT2D eigenvalue weighted by molar-refractivity contribution is 0.625. The lowest BCUT2D eigenvalue weighted by atomic mass is 9.96. The summed E-state index contributed by atoms with van der Waals surface area (Å²) >= 11 is 0. The largest absolute Gasteiger partial charge is 0.464 e. The average Bonchev–Trinajstić information content (AvgIpc) is 3.41. The van der Waals surface area contributed by atoms with Crippen LogP contribution in [0.2, 0.25) is 0 Å². The Hall–Kier alpha value is -7.58. The number of rotatable bonds is 13. The summed E-state index contributed by atoms with van der Waals surface area (Å²) in [5.41, 5.74) is 19.8. The van der Waals surface area contributed by atoms with Crippen molar-refractivity contribution in [2.45, 2.75) is 6.92 Å². The Morgan fingerprint density at radius 3 is 1.40 bits per heavy atom. The van der Waals surface area contributed by atoms with Crippen molar-refractivity contribution in [1.29, 1.82) is 0 Å². The standard InChI is InChI=1S/C37H30O2P2.C25H22N2/c1-29-22-24-30(25-23-29)31-26-33(39-40(34-16-8-3-9-17-34)35-18-10-4-11-19-35)28-37(27-31)41(36-20-12-5-13-21-36)38-32-14-6-2-7-15-32;26-16-24(22-11-9-18-5-1-3-7-20(18)13-22)15-25(17-27)23-12-10-19-6-2-4-8-21(19)14-23/h2-28H,1H3;1-16H,17,26-27H2/b;24-16+,25-15+. The molecule has 0 heterocycles. The third-order valence-electron chi connectivity index (χ3n) is 11.6. The molecule has 0 aliphatic rings. The molecule has 4 N–H and O–H groups in total. The minimum absolute atomic E-state index is 0.448. The normalized spacial score (nSPS) is 12.0. The number of hydrogen-bond acceptors (Lipinski definition) is 4. The van der Waals surface area contributed by atoms with Gasteiger partial charge in [0.2, 0.25) is 0 Å². The van der Waals surface area contributed by atoms with Gasteiger partial charge in [0, 0.05) is 34.0 Å². The second kappa shape index (κ2) is 22.3. The maximum Gasteiger partial charge on any atom is 0.150 e. The van der Waals surface area contributed by atoms with Gasteiger partial charge in [-0.3, -0.25) is 0 Å². The molecule has 0 amide bonds. The smallest absolute Gasteiger partial charge is 0.150 e. The molecule has 10 aromatic carbocycles.